The zero-order chi connectivity index (χ0) is 18.7. The van der Waals surface area contributed by atoms with Crippen LogP contribution < -0.4 is 0 Å². The van der Waals surface area contributed by atoms with Crippen molar-refractivity contribution in [3.63, 3.8) is 0 Å². The molecular weight excluding hydrogens is 354 g/mol. The van der Waals surface area contributed by atoms with Crippen LogP contribution in [0.3, 0.4) is 0 Å². The zero-order valence-corrected chi connectivity index (χ0v) is 15.1. The standard InChI is InChI=1S/C18H19N3O4S/c1-26(24,25)16-4-2-14(3-5-16)17(22)20-10-12-21(13-11-20)18(23)15-6-8-19-9-7-15/h2-9H,10-13H2,1H3. The smallest absolute Gasteiger partial charge is 0.254 e. The molecule has 7 nitrogen and oxygen atoms in total. The number of nitrogens with zero attached hydrogens (tertiary/aromatic N) is 3. The van der Waals surface area contributed by atoms with Crippen molar-refractivity contribution in [2.24, 2.45) is 0 Å². The number of hydrogen-bond donors (Lipinski definition) is 0. The van der Waals surface area contributed by atoms with Gasteiger partial charge in [0, 0.05) is 56.0 Å². The van der Waals surface area contributed by atoms with Gasteiger partial charge in [0.15, 0.2) is 9.84 Å². The van der Waals surface area contributed by atoms with Crippen molar-refractivity contribution in [2.75, 3.05) is 32.4 Å². The third kappa shape index (κ3) is 3.91. The van der Waals surface area contributed by atoms with E-state index < -0.39 is 9.84 Å². The Morgan fingerprint density at radius 1 is 0.808 bits per heavy atom. The summed E-state index contributed by atoms with van der Waals surface area (Å²) in [5.74, 6) is -0.238. The second-order valence-corrected chi connectivity index (χ2v) is 8.13. The summed E-state index contributed by atoms with van der Waals surface area (Å²) in [6.45, 7) is 1.77. The number of piperazine rings is 1. The van der Waals surface area contributed by atoms with Crippen molar-refractivity contribution < 1.29 is 18.0 Å². The number of hydrogen-bond acceptors (Lipinski definition) is 5. The van der Waals surface area contributed by atoms with E-state index in [1.165, 1.54) is 24.3 Å². The fourth-order valence-corrected chi connectivity index (χ4v) is 3.45. The lowest BCUT2D eigenvalue weighted by molar-refractivity contribution is 0.0535. The Hall–Kier alpha value is -2.74. The summed E-state index contributed by atoms with van der Waals surface area (Å²) < 4.78 is 23.0. The molecule has 1 saturated heterocycles. The van der Waals surface area contributed by atoms with E-state index in [0.717, 1.165) is 6.26 Å². The lowest BCUT2D eigenvalue weighted by atomic mass is 10.1. The van der Waals surface area contributed by atoms with Gasteiger partial charge in [-0.15, -0.1) is 0 Å². The molecule has 1 aromatic heterocycles. The minimum absolute atomic E-state index is 0.0722. The normalized spacial score (nSPS) is 15.0. The second-order valence-electron chi connectivity index (χ2n) is 6.12. The summed E-state index contributed by atoms with van der Waals surface area (Å²) in [4.78, 5) is 32.5. The first-order valence-corrected chi connectivity index (χ1v) is 10.0. The minimum atomic E-state index is -3.29. The molecule has 1 aliphatic rings. The molecule has 3 rings (SSSR count). The third-order valence-electron chi connectivity index (χ3n) is 4.31. The Morgan fingerprint density at radius 2 is 1.23 bits per heavy atom. The van der Waals surface area contributed by atoms with Gasteiger partial charge in [-0.05, 0) is 36.4 Å². The number of pyridine rings is 1. The molecule has 0 radical (unpaired) electrons. The highest BCUT2D eigenvalue weighted by molar-refractivity contribution is 7.90. The number of carbonyl (C=O) groups excluding carboxylic acids is 2. The van der Waals surface area contributed by atoms with Gasteiger partial charge in [-0.2, -0.15) is 0 Å². The van der Waals surface area contributed by atoms with E-state index in [1.807, 2.05) is 0 Å². The molecule has 1 fully saturated rings. The number of amides is 2. The maximum atomic E-state index is 12.6. The molecular formula is C18H19N3O4S. The van der Waals surface area contributed by atoms with Gasteiger partial charge in [0.2, 0.25) is 0 Å². The van der Waals surface area contributed by atoms with Gasteiger partial charge in [-0.25, -0.2) is 8.42 Å². The molecule has 1 aliphatic heterocycles. The fraction of sp³-hybridized carbons (Fsp3) is 0.278. The zero-order valence-electron chi connectivity index (χ0n) is 14.3. The molecule has 0 spiro atoms. The van der Waals surface area contributed by atoms with Crippen molar-refractivity contribution in [1.82, 2.24) is 14.8 Å². The molecule has 2 amide bonds. The molecule has 26 heavy (non-hydrogen) atoms. The average molecular weight is 373 g/mol. The van der Waals surface area contributed by atoms with Crippen LogP contribution in [0.4, 0.5) is 0 Å². The number of sulfone groups is 1. The van der Waals surface area contributed by atoms with Crippen molar-refractivity contribution in [3.05, 3.63) is 59.9 Å². The first-order valence-electron chi connectivity index (χ1n) is 8.15. The van der Waals surface area contributed by atoms with Crippen LogP contribution >= 0.6 is 0 Å². The highest BCUT2D eigenvalue weighted by Gasteiger charge is 2.25. The molecule has 8 heteroatoms. The van der Waals surface area contributed by atoms with Gasteiger partial charge in [-0.3, -0.25) is 14.6 Å². The quantitative estimate of drug-likeness (QED) is 0.803. The van der Waals surface area contributed by atoms with Crippen LogP contribution in [0.25, 0.3) is 0 Å². The number of carbonyl (C=O) groups is 2. The highest BCUT2D eigenvalue weighted by atomic mass is 32.2. The van der Waals surface area contributed by atoms with Crippen LogP contribution in [0.1, 0.15) is 20.7 Å². The summed E-state index contributed by atoms with van der Waals surface area (Å²) >= 11 is 0. The number of aromatic nitrogens is 1. The van der Waals surface area contributed by atoms with E-state index in [-0.39, 0.29) is 16.7 Å². The van der Waals surface area contributed by atoms with Crippen LogP contribution in [0.15, 0.2) is 53.7 Å². The Morgan fingerprint density at radius 3 is 1.65 bits per heavy atom. The van der Waals surface area contributed by atoms with Gasteiger partial charge in [0.05, 0.1) is 4.90 Å². The summed E-state index contributed by atoms with van der Waals surface area (Å²) in [5, 5.41) is 0. The first-order chi connectivity index (χ1) is 12.4. The van der Waals surface area contributed by atoms with Gasteiger partial charge in [0.1, 0.15) is 0 Å². The lowest BCUT2D eigenvalue weighted by Crippen LogP contribution is -2.50. The summed E-state index contributed by atoms with van der Waals surface area (Å²) in [7, 11) is -3.29. The summed E-state index contributed by atoms with van der Waals surface area (Å²) in [6, 6.07) is 9.25. The largest absolute Gasteiger partial charge is 0.335 e. The molecule has 0 unspecified atom stereocenters. The van der Waals surface area contributed by atoms with Crippen molar-refractivity contribution in [3.8, 4) is 0 Å². The Kier molecular flexibility index (Phi) is 5.03. The summed E-state index contributed by atoms with van der Waals surface area (Å²) in [5.41, 5.74) is 1.02. The van der Waals surface area contributed by atoms with Gasteiger partial charge < -0.3 is 9.80 Å². The minimum Gasteiger partial charge on any atom is -0.335 e. The second kappa shape index (κ2) is 7.25. The van der Waals surface area contributed by atoms with E-state index in [9.17, 15) is 18.0 Å². The molecule has 0 bridgehead atoms. The van der Waals surface area contributed by atoms with Crippen LogP contribution in [0, 0.1) is 0 Å². The molecule has 1 aromatic carbocycles. The van der Waals surface area contributed by atoms with Gasteiger partial charge >= 0.3 is 0 Å². The fourth-order valence-electron chi connectivity index (χ4n) is 2.82. The van der Waals surface area contributed by atoms with Crippen LogP contribution in [-0.2, 0) is 9.84 Å². The third-order valence-corrected chi connectivity index (χ3v) is 5.44. The van der Waals surface area contributed by atoms with E-state index in [4.69, 9.17) is 0 Å². The monoisotopic (exact) mass is 373 g/mol. The van der Waals surface area contributed by atoms with E-state index in [1.54, 1.807) is 34.3 Å². The maximum absolute atomic E-state index is 12.6. The average Bonchev–Trinajstić information content (AvgIpc) is 2.67. The predicted molar refractivity (Wildman–Crippen MR) is 95.6 cm³/mol. The Bertz CT molecular complexity index is 903. The number of rotatable bonds is 3. The SMILES string of the molecule is CS(=O)(=O)c1ccc(C(=O)N2CCN(C(=O)c3ccncc3)CC2)cc1. The van der Waals surface area contributed by atoms with Crippen LogP contribution in [0.5, 0.6) is 0 Å². The van der Waals surface area contributed by atoms with Gasteiger partial charge in [-0.1, -0.05) is 0 Å². The highest BCUT2D eigenvalue weighted by Crippen LogP contribution is 2.14. The molecule has 136 valence electrons. The molecule has 2 aromatic rings. The Labute approximate surface area is 152 Å². The summed E-state index contributed by atoms with van der Waals surface area (Å²) in [6.07, 6.45) is 4.28. The van der Waals surface area contributed by atoms with Crippen molar-refractivity contribution in [2.45, 2.75) is 4.90 Å². The topological polar surface area (TPSA) is 87.7 Å². The molecule has 0 N–H and O–H groups in total. The number of benzene rings is 1. The lowest BCUT2D eigenvalue weighted by Gasteiger charge is -2.34. The molecule has 2 heterocycles. The van der Waals surface area contributed by atoms with E-state index in [0.29, 0.717) is 37.3 Å². The van der Waals surface area contributed by atoms with Crippen LogP contribution in [0.2, 0.25) is 0 Å². The van der Waals surface area contributed by atoms with E-state index in [2.05, 4.69) is 4.98 Å². The maximum Gasteiger partial charge on any atom is 0.254 e. The van der Waals surface area contributed by atoms with Crippen molar-refractivity contribution >= 4 is 21.7 Å². The van der Waals surface area contributed by atoms with Crippen LogP contribution in [-0.4, -0.2) is 67.5 Å². The molecule has 0 atom stereocenters. The molecule has 0 saturated carbocycles. The van der Waals surface area contributed by atoms with Gasteiger partial charge in [0.25, 0.3) is 11.8 Å². The van der Waals surface area contributed by atoms with E-state index >= 15 is 0 Å². The Balaban J connectivity index is 1.63. The van der Waals surface area contributed by atoms with Crippen molar-refractivity contribution in [1.29, 1.82) is 0 Å². The molecule has 0 aliphatic carbocycles. The predicted octanol–water partition coefficient (Wildman–Crippen LogP) is 1.08. The first kappa shape index (κ1) is 18.1.